The van der Waals surface area contributed by atoms with Crippen LogP contribution >= 0.6 is 0 Å². The Hall–Kier alpha value is -3.22. The molecule has 0 saturated heterocycles. The smallest absolute Gasteiger partial charge is 0.251 e. The van der Waals surface area contributed by atoms with E-state index < -0.39 is 0 Å². The molecule has 1 aliphatic rings. The van der Waals surface area contributed by atoms with Crippen LogP contribution in [0.5, 0.6) is 11.5 Å². The van der Waals surface area contributed by atoms with Gasteiger partial charge in [-0.25, -0.2) is 0 Å². The Morgan fingerprint density at radius 3 is 2.46 bits per heavy atom. The van der Waals surface area contributed by atoms with Gasteiger partial charge in [0, 0.05) is 31.9 Å². The highest BCUT2D eigenvalue weighted by Gasteiger charge is 2.16. The zero-order chi connectivity index (χ0) is 18.5. The molecule has 1 heterocycles. The van der Waals surface area contributed by atoms with Crippen molar-refractivity contribution in [3.05, 3.63) is 53.6 Å². The molecule has 7 nitrogen and oxygen atoms in total. The van der Waals surface area contributed by atoms with Crippen molar-refractivity contribution in [2.24, 2.45) is 0 Å². The maximum atomic E-state index is 12.1. The number of benzene rings is 2. The van der Waals surface area contributed by atoms with E-state index >= 15 is 0 Å². The molecule has 7 heteroatoms. The second-order valence-electron chi connectivity index (χ2n) is 6.09. The van der Waals surface area contributed by atoms with Gasteiger partial charge in [0.1, 0.15) is 0 Å². The quantitative estimate of drug-likeness (QED) is 0.821. The summed E-state index contributed by atoms with van der Waals surface area (Å²) in [6.45, 7) is 0.466. The van der Waals surface area contributed by atoms with Crippen LogP contribution in [0.25, 0.3) is 0 Å². The van der Waals surface area contributed by atoms with Crippen molar-refractivity contribution in [1.82, 2.24) is 10.6 Å². The molecule has 0 aliphatic carbocycles. The number of hydrogen-bond donors (Lipinski definition) is 2. The molecule has 0 aromatic heterocycles. The van der Waals surface area contributed by atoms with E-state index in [1.54, 1.807) is 18.2 Å². The zero-order valence-corrected chi connectivity index (χ0v) is 14.7. The fraction of sp³-hybridized carbons (Fsp3) is 0.263. The molecule has 0 bridgehead atoms. The Morgan fingerprint density at radius 1 is 1.00 bits per heavy atom. The van der Waals surface area contributed by atoms with E-state index in [1.165, 1.54) is 0 Å². The Balaban J connectivity index is 1.45. The van der Waals surface area contributed by atoms with E-state index in [1.807, 2.05) is 43.3 Å². The molecule has 0 unspecified atom stereocenters. The number of nitrogens with zero attached hydrogens (tertiary/aromatic N) is 1. The molecule has 2 aromatic carbocycles. The Kier molecular flexibility index (Phi) is 5.26. The molecule has 0 atom stereocenters. The standard InChI is InChI=1S/C19H21N3O4/c1-22(2)15-6-3-13(4-7-15)10-20-18(23)11-21-19(24)14-5-8-16-17(9-14)26-12-25-16/h3-9H,10-12H2,1-2H3,(H,20,23)(H,21,24). The van der Waals surface area contributed by atoms with Gasteiger partial charge in [0.05, 0.1) is 6.54 Å². The number of nitrogens with one attached hydrogen (secondary N) is 2. The number of carbonyl (C=O) groups excluding carboxylic acids is 2. The highest BCUT2D eigenvalue weighted by atomic mass is 16.7. The molecular formula is C19H21N3O4. The summed E-state index contributed by atoms with van der Waals surface area (Å²) in [7, 11) is 3.94. The van der Waals surface area contributed by atoms with Crippen LogP contribution in [0.1, 0.15) is 15.9 Å². The number of hydrogen-bond acceptors (Lipinski definition) is 5. The van der Waals surface area contributed by atoms with E-state index in [2.05, 4.69) is 10.6 Å². The van der Waals surface area contributed by atoms with E-state index in [-0.39, 0.29) is 25.2 Å². The van der Waals surface area contributed by atoms with Crippen molar-refractivity contribution < 1.29 is 19.1 Å². The zero-order valence-electron chi connectivity index (χ0n) is 14.7. The van der Waals surface area contributed by atoms with E-state index in [9.17, 15) is 9.59 Å². The van der Waals surface area contributed by atoms with Crippen molar-refractivity contribution in [3.8, 4) is 11.5 Å². The summed E-state index contributed by atoms with van der Waals surface area (Å²) in [4.78, 5) is 26.1. The van der Waals surface area contributed by atoms with Crippen LogP contribution in [-0.4, -0.2) is 39.2 Å². The van der Waals surface area contributed by atoms with Crippen molar-refractivity contribution in [2.75, 3.05) is 32.3 Å². The summed E-state index contributed by atoms with van der Waals surface area (Å²) in [6.07, 6.45) is 0. The summed E-state index contributed by atoms with van der Waals surface area (Å²) < 4.78 is 10.4. The highest BCUT2D eigenvalue weighted by molar-refractivity contribution is 5.97. The van der Waals surface area contributed by atoms with Crippen molar-refractivity contribution in [3.63, 3.8) is 0 Å². The van der Waals surface area contributed by atoms with Gasteiger partial charge >= 0.3 is 0 Å². The molecule has 0 saturated carbocycles. The first-order chi connectivity index (χ1) is 12.5. The molecule has 0 radical (unpaired) electrons. The molecule has 0 fully saturated rings. The summed E-state index contributed by atoms with van der Waals surface area (Å²) in [5.74, 6) is 0.549. The third kappa shape index (κ3) is 4.24. The fourth-order valence-corrected chi connectivity index (χ4v) is 2.48. The molecule has 3 rings (SSSR count). The summed E-state index contributed by atoms with van der Waals surface area (Å²) >= 11 is 0. The van der Waals surface area contributed by atoms with Gasteiger partial charge in [-0.1, -0.05) is 12.1 Å². The van der Waals surface area contributed by atoms with Gasteiger partial charge in [-0.15, -0.1) is 0 Å². The minimum absolute atomic E-state index is 0.0942. The number of amides is 2. The SMILES string of the molecule is CN(C)c1ccc(CNC(=O)CNC(=O)c2ccc3c(c2)OCO3)cc1. The van der Waals surface area contributed by atoms with Crippen LogP contribution in [0.15, 0.2) is 42.5 Å². The second-order valence-corrected chi connectivity index (χ2v) is 6.09. The molecule has 2 N–H and O–H groups in total. The van der Waals surface area contributed by atoms with Gasteiger partial charge in [-0.3, -0.25) is 9.59 Å². The van der Waals surface area contributed by atoms with Crippen LogP contribution in [0.4, 0.5) is 5.69 Å². The maximum absolute atomic E-state index is 12.1. The Morgan fingerprint density at radius 2 is 1.73 bits per heavy atom. The van der Waals surface area contributed by atoms with Crippen LogP contribution < -0.4 is 25.0 Å². The largest absolute Gasteiger partial charge is 0.454 e. The van der Waals surface area contributed by atoms with Crippen LogP contribution in [0, 0.1) is 0 Å². The molecule has 0 spiro atoms. The predicted octanol–water partition coefficient (Wildman–Crippen LogP) is 1.53. The Labute approximate surface area is 151 Å². The third-order valence-electron chi connectivity index (χ3n) is 3.99. The molecule has 136 valence electrons. The number of ether oxygens (including phenoxy) is 2. The average Bonchev–Trinajstić information content (AvgIpc) is 3.12. The summed E-state index contributed by atoms with van der Waals surface area (Å²) in [6, 6.07) is 12.8. The number of anilines is 1. The first-order valence-corrected chi connectivity index (χ1v) is 8.24. The van der Waals surface area contributed by atoms with Crippen molar-refractivity contribution >= 4 is 17.5 Å². The van der Waals surface area contributed by atoms with Gasteiger partial charge in [0.2, 0.25) is 12.7 Å². The predicted molar refractivity (Wildman–Crippen MR) is 97.5 cm³/mol. The highest BCUT2D eigenvalue weighted by Crippen LogP contribution is 2.32. The average molecular weight is 355 g/mol. The lowest BCUT2D eigenvalue weighted by Crippen LogP contribution is -2.36. The lowest BCUT2D eigenvalue weighted by Gasteiger charge is -2.13. The number of carbonyl (C=O) groups is 2. The normalized spacial score (nSPS) is 11.8. The number of fused-ring (bicyclic) bond motifs is 1. The topological polar surface area (TPSA) is 79.9 Å². The second kappa shape index (κ2) is 7.77. The summed E-state index contributed by atoms with van der Waals surface area (Å²) in [5.41, 5.74) is 2.50. The van der Waals surface area contributed by atoms with E-state index in [4.69, 9.17) is 9.47 Å². The van der Waals surface area contributed by atoms with Crippen molar-refractivity contribution in [2.45, 2.75) is 6.54 Å². The summed E-state index contributed by atoms with van der Waals surface area (Å²) in [5, 5.41) is 5.38. The molecular weight excluding hydrogens is 334 g/mol. The minimum atomic E-state index is -0.339. The van der Waals surface area contributed by atoms with Gasteiger partial charge in [-0.2, -0.15) is 0 Å². The first kappa shape index (κ1) is 17.6. The van der Waals surface area contributed by atoms with Gasteiger partial charge in [0.25, 0.3) is 5.91 Å². The number of rotatable bonds is 6. The monoisotopic (exact) mass is 355 g/mol. The maximum Gasteiger partial charge on any atom is 0.251 e. The minimum Gasteiger partial charge on any atom is -0.454 e. The molecule has 26 heavy (non-hydrogen) atoms. The molecule has 2 aromatic rings. The lowest BCUT2D eigenvalue weighted by molar-refractivity contribution is -0.120. The molecule has 2 amide bonds. The fourth-order valence-electron chi connectivity index (χ4n) is 2.48. The van der Waals surface area contributed by atoms with Crippen molar-refractivity contribution in [1.29, 1.82) is 0 Å². The first-order valence-electron chi connectivity index (χ1n) is 8.24. The third-order valence-corrected chi connectivity index (χ3v) is 3.99. The Bertz CT molecular complexity index is 803. The van der Waals surface area contributed by atoms with E-state index in [0.29, 0.717) is 23.6 Å². The van der Waals surface area contributed by atoms with E-state index in [0.717, 1.165) is 11.3 Å². The lowest BCUT2D eigenvalue weighted by atomic mass is 10.2. The molecule has 1 aliphatic heterocycles. The van der Waals surface area contributed by atoms with Gasteiger partial charge < -0.3 is 25.0 Å². The van der Waals surface area contributed by atoms with Crippen LogP contribution in [0.2, 0.25) is 0 Å². The van der Waals surface area contributed by atoms with Gasteiger partial charge in [0.15, 0.2) is 11.5 Å². The van der Waals surface area contributed by atoms with Gasteiger partial charge in [-0.05, 0) is 35.9 Å². The van der Waals surface area contributed by atoms with Crippen LogP contribution in [0.3, 0.4) is 0 Å². The van der Waals surface area contributed by atoms with Crippen LogP contribution in [-0.2, 0) is 11.3 Å².